The highest BCUT2D eigenvalue weighted by Crippen LogP contribution is 2.25. The summed E-state index contributed by atoms with van der Waals surface area (Å²) in [6, 6.07) is 0. The molecule has 0 aromatic carbocycles. The van der Waals surface area contributed by atoms with Gasteiger partial charge >= 0.3 is 5.97 Å². The van der Waals surface area contributed by atoms with Gasteiger partial charge in [0.05, 0.1) is 12.7 Å². The number of rotatable bonds is 10. The molecule has 0 aliphatic carbocycles. The third-order valence-corrected chi connectivity index (χ3v) is 3.28. The van der Waals surface area contributed by atoms with E-state index < -0.39 is 17.7 Å². The van der Waals surface area contributed by atoms with Gasteiger partial charge in [0.1, 0.15) is 0 Å². The van der Waals surface area contributed by atoms with Crippen LogP contribution in [0.15, 0.2) is 0 Å². The average molecular weight is 275 g/mol. The van der Waals surface area contributed by atoms with Crippen LogP contribution in [0, 0.1) is 5.92 Å². The number of esters is 1. The molecule has 0 aliphatic heterocycles. The molecule has 0 saturated carbocycles. The van der Waals surface area contributed by atoms with E-state index in [2.05, 4.69) is 4.89 Å². The maximum atomic E-state index is 12.0. The lowest BCUT2D eigenvalue weighted by Crippen LogP contribution is -2.42. The fourth-order valence-corrected chi connectivity index (χ4v) is 2.02. The van der Waals surface area contributed by atoms with Crippen molar-refractivity contribution in [3.05, 3.63) is 0 Å². The van der Waals surface area contributed by atoms with Gasteiger partial charge in [0, 0.05) is 0 Å². The summed E-state index contributed by atoms with van der Waals surface area (Å²) in [5, 5.41) is 20.2. The van der Waals surface area contributed by atoms with Crippen LogP contribution in [0.5, 0.6) is 0 Å². The Labute approximate surface area is 115 Å². The molecule has 5 heteroatoms. The summed E-state index contributed by atoms with van der Waals surface area (Å²) < 4.78 is 5.17. The Morgan fingerprint density at radius 3 is 2.37 bits per heavy atom. The van der Waals surface area contributed by atoms with Gasteiger partial charge in [-0.1, -0.05) is 33.6 Å². The standard InChI is InChI=1S/C14H27O5/c1-5-7-8-14(6-2,19-17)13(16)18-10-11(3)9-12(4)15/h11-12,15H,5-10H2,1-4H3. The zero-order valence-corrected chi connectivity index (χ0v) is 12.5. The van der Waals surface area contributed by atoms with Crippen molar-refractivity contribution in [3.63, 3.8) is 0 Å². The quantitative estimate of drug-likeness (QED) is 0.378. The molecule has 0 rings (SSSR count). The van der Waals surface area contributed by atoms with Crippen LogP contribution >= 0.6 is 0 Å². The van der Waals surface area contributed by atoms with E-state index >= 15 is 0 Å². The normalized spacial score (nSPS) is 17.6. The maximum Gasteiger partial charge on any atom is 0.341 e. The summed E-state index contributed by atoms with van der Waals surface area (Å²) in [6.45, 7) is 7.50. The number of hydrogen-bond acceptors (Lipinski definition) is 4. The molecule has 113 valence electrons. The Morgan fingerprint density at radius 1 is 1.32 bits per heavy atom. The topological polar surface area (TPSA) is 75.7 Å². The molecule has 1 radical (unpaired) electrons. The molecule has 0 fully saturated rings. The highest BCUT2D eigenvalue weighted by molar-refractivity contribution is 5.79. The number of carbonyl (C=O) groups is 1. The second-order valence-corrected chi connectivity index (χ2v) is 5.32. The van der Waals surface area contributed by atoms with Crippen LogP contribution in [0.3, 0.4) is 0 Å². The van der Waals surface area contributed by atoms with Crippen molar-refractivity contribution < 1.29 is 24.8 Å². The van der Waals surface area contributed by atoms with Crippen LogP contribution in [0.4, 0.5) is 0 Å². The molecule has 5 nitrogen and oxygen atoms in total. The third kappa shape index (κ3) is 6.36. The van der Waals surface area contributed by atoms with Gasteiger partial charge in [-0.2, -0.15) is 4.89 Å². The number of carbonyl (C=O) groups excluding carboxylic acids is 1. The van der Waals surface area contributed by atoms with Crippen molar-refractivity contribution in [1.82, 2.24) is 0 Å². The molecule has 0 aromatic heterocycles. The fourth-order valence-electron chi connectivity index (χ4n) is 2.02. The molecule has 0 saturated heterocycles. The molecule has 3 unspecified atom stereocenters. The van der Waals surface area contributed by atoms with E-state index in [1.165, 1.54) is 0 Å². The summed E-state index contributed by atoms with van der Waals surface area (Å²) in [4.78, 5) is 16.2. The Bertz CT molecular complexity index is 248. The van der Waals surface area contributed by atoms with E-state index in [0.29, 0.717) is 19.3 Å². The zero-order chi connectivity index (χ0) is 14.9. The van der Waals surface area contributed by atoms with Crippen LogP contribution in [0.2, 0.25) is 0 Å². The molecule has 3 atom stereocenters. The molecular formula is C14H27O5. The van der Waals surface area contributed by atoms with Gasteiger partial charge in [-0.25, -0.2) is 4.79 Å². The van der Waals surface area contributed by atoms with Gasteiger partial charge in [-0.3, -0.25) is 0 Å². The summed E-state index contributed by atoms with van der Waals surface area (Å²) >= 11 is 0. The Balaban J connectivity index is 4.40. The third-order valence-electron chi connectivity index (χ3n) is 3.28. The summed E-state index contributed by atoms with van der Waals surface area (Å²) in [6.07, 6.45) is 2.44. The first-order valence-electron chi connectivity index (χ1n) is 7.08. The van der Waals surface area contributed by atoms with Crippen LogP contribution in [0.1, 0.15) is 59.8 Å². The van der Waals surface area contributed by atoms with Gasteiger partial charge in [-0.05, 0) is 37.4 Å². The molecule has 0 aliphatic rings. The predicted molar refractivity (Wildman–Crippen MR) is 70.7 cm³/mol. The first-order valence-corrected chi connectivity index (χ1v) is 7.08. The van der Waals surface area contributed by atoms with E-state index in [1.54, 1.807) is 13.8 Å². The SMILES string of the molecule is CCCCC(CC)(O[O])C(=O)OCC(C)CC(C)O. The fraction of sp³-hybridized carbons (Fsp3) is 0.929. The molecule has 1 N–H and O–H groups in total. The van der Waals surface area contributed by atoms with E-state index in [0.717, 1.165) is 12.8 Å². The van der Waals surface area contributed by atoms with Gasteiger partial charge in [-0.15, -0.1) is 0 Å². The molecule has 0 aromatic rings. The van der Waals surface area contributed by atoms with Crippen molar-refractivity contribution >= 4 is 5.97 Å². The average Bonchev–Trinajstić information content (AvgIpc) is 2.37. The van der Waals surface area contributed by atoms with Crippen LogP contribution < -0.4 is 0 Å². The molecule has 0 heterocycles. The number of unbranched alkanes of at least 4 members (excludes halogenated alkanes) is 1. The van der Waals surface area contributed by atoms with Gasteiger partial charge < -0.3 is 9.84 Å². The van der Waals surface area contributed by atoms with Gasteiger partial charge in [0.15, 0.2) is 0 Å². The Kier molecular flexibility index (Phi) is 8.97. The lowest BCUT2D eigenvalue weighted by atomic mass is 9.94. The lowest BCUT2D eigenvalue weighted by Gasteiger charge is -2.26. The van der Waals surface area contributed by atoms with E-state index in [9.17, 15) is 15.2 Å². The summed E-state index contributed by atoms with van der Waals surface area (Å²) in [5.41, 5.74) is -1.36. The predicted octanol–water partition coefficient (Wildman–Crippen LogP) is 2.64. The number of hydrogen-bond donors (Lipinski definition) is 1. The molecule has 0 amide bonds. The minimum atomic E-state index is -1.36. The highest BCUT2D eigenvalue weighted by atomic mass is 17.1. The minimum Gasteiger partial charge on any atom is -0.463 e. The van der Waals surface area contributed by atoms with E-state index in [1.807, 2.05) is 13.8 Å². The molecule has 0 bridgehead atoms. The second-order valence-electron chi connectivity index (χ2n) is 5.32. The molecule has 19 heavy (non-hydrogen) atoms. The summed E-state index contributed by atoms with van der Waals surface area (Å²) in [5.74, 6) is -0.535. The molecule has 0 spiro atoms. The van der Waals surface area contributed by atoms with Gasteiger partial charge in [0.2, 0.25) is 5.60 Å². The van der Waals surface area contributed by atoms with Crippen molar-refractivity contribution in [2.45, 2.75) is 71.5 Å². The minimum absolute atomic E-state index is 0.0522. The van der Waals surface area contributed by atoms with Gasteiger partial charge in [0.25, 0.3) is 0 Å². The Hall–Kier alpha value is -0.650. The molecular weight excluding hydrogens is 248 g/mol. The van der Waals surface area contributed by atoms with Crippen molar-refractivity contribution in [2.75, 3.05) is 6.61 Å². The Morgan fingerprint density at radius 2 is 1.95 bits per heavy atom. The summed E-state index contributed by atoms with van der Waals surface area (Å²) in [7, 11) is 0. The van der Waals surface area contributed by atoms with E-state index in [-0.39, 0.29) is 12.5 Å². The van der Waals surface area contributed by atoms with E-state index in [4.69, 9.17) is 4.74 Å². The van der Waals surface area contributed by atoms with Crippen LogP contribution in [-0.4, -0.2) is 29.4 Å². The van der Waals surface area contributed by atoms with Crippen molar-refractivity contribution in [2.24, 2.45) is 5.92 Å². The van der Waals surface area contributed by atoms with Crippen LogP contribution in [0.25, 0.3) is 0 Å². The lowest BCUT2D eigenvalue weighted by molar-refractivity contribution is -0.368. The number of aliphatic hydroxyl groups is 1. The number of aliphatic hydroxyl groups excluding tert-OH is 1. The zero-order valence-electron chi connectivity index (χ0n) is 12.5. The monoisotopic (exact) mass is 275 g/mol. The smallest absolute Gasteiger partial charge is 0.341 e. The highest BCUT2D eigenvalue weighted by Gasteiger charge is 2.40. The van der Waals surface area contributed by atoms with Crippen molar-refractivity contribution in [3.8, 4) is 0 Å². The first kappa shape index (κ1) is 18.4. The van der Waals surface area contributed by atoms with Crippen LogP contribution in [-0.2, 0) is 19.7 Å². The van der Waals surface area contributed by atoms with Crippen molar-refractivity contribution in [1.29, 1.82) is 0 Å². The largest absolute Gasteiger partial charge is 0.463 e. The number of ether oxygens (including phenoxy) is 1. The maximum absolute atomic E-state index is 12.0. The second kappa shape index (κ2) is 9.28. The first-order chi connectivity index (χ1) is 8.91.